The summed E-state index contributed by atoms with van der Waals surface area (Å²) in [5.74, 6) is 1.39. The monoisotopic (exact) mass is 326 g/mol. The normalized spacial score (nSPS) is 12.8. The molecule has 1 atom stereocenters. The molecule has 0 spiro atoms. The second kappa shape index (κ2) is 7.62. The zero-order valence-electron chi connectivity index (χ0n) is 14.7. The van der Waals surface area contributed by atoms with Crippen LogP contribution in [0.1, 0.15) is 39.0 Å². The molecule has 5 heteroatoms. The van der Waals surface area contributed by atoms with Crippen LogP contribution >= 0.6 is 0 Å². The molecule has 2 heterocycles. The van der Waals surface area contributed by atoms with Crippen molar-refractivity contribution in [2.24, 2.45) is 7.05 Å². The molecule has 0 bridgehead atoms. The number of hydrogen-bond donors (Lipinski definition) is 1. The lowest BCUT2D eigenvalue weighted by atomic mass is 10.1. The summed E-state index contributed by atoms with van der Waals surface area (Å²) in [4.78, 5) is 4.58. The van der Waals surface area contributed by atoms with Crippen molar-refractivity contribution in [1.82, 2.24) is 20.0 Å². The minimum absolute atomic E-state index is 0.573. The summed E-state index contributed by atoms with van der Waals surface area (Å²) in [7, 11) is 2.04. The zero-order chi connectivity index (χ0) is 16.9. The van der Waals surface area contributed by atoms with E-state index in [-0.39, 0.29) is 0 Å². The molecule has 0 fully saturated rings. The highest BCUT2D eigenvalue weighted by Gasteiger charge is 2.14. The quantitative estimate of drug-likeness (QED) is 0.637. The van der Waals surface area contributed by atoms with Crippen LogP contribution in [0.25, 0.3) is 22.3 Å². The lowest BCUT2D eigenvalue weighted by molar-refractivity contribution is 0.373. The van der Waals surface area contributed by atoms with Gasteiger partial charge in [0, 0.05) is 42.2 Å². The van der Waals surface area contributed by atoms with E-state index in [9.17, 15) is 0 Å². The maximum Gasteiger partial charge on any atom is 0.227 e. The Kier molecular flexibility index (Phi) is 5.30. The molecule has 0 amide bonds. The number of fused-ring (bicyclic) bond motifs is 1. The van der Waals surface area contributed by atoms with E-state index in [1.165, 1.54) is 18.4 Å². The summed E-state index contributed by atoms with van der Waals surface area (Å²) in [6.07, 6.45) is 6.31. The highest BCUT2D eigenvalue weighted by Crippen LogP contribution is 2.28. The summed E-state index contributed by atoms with van der Waals surface area (Å²) in [5, 5.41) is 8.85. The van der Waals surface area contributed by atoms with Crippen LogP contribution in [0.2, 0.25) is 0 Å². The van der Waals surface area contributed by atoms with Crippen molar-refractivity contribution in [3.63, 3.8) is 0 Å². The third-order valence-electron chi connectivity index (χ3n) is 4.39. The van der Waals surface area contributed by atoms with Gasteiger partial charge in [0.25, 0.3) is 0 Å². The van der Waals surface area contributed by atoms with Gasteiger partial charge in [-0.05, 0) is 32.4 Å². The van der Waals surface area contributed by atoms with Crippen molar-refractivity contribution in [3.05, 3.63) is 36.4 Å². The van der Waals surface area contributed by atoms with E-state index in [1.54, 1.807) is 0 Å². The van der Waals surface area contributed by atoms with Crippen LogP contribution < -0.4 is 5.32 Å². The molecule has 1 N–H and O–H groups in total. The van der Waals surface area contributed by atoms with E-state index >= 15 is 0 Å². The number of hydrogen-bond acceptors (Lipinski definition) is 4. The van der Waals surface area contributed by atoms with Gasteiger partial charge in [-0.3, -0.25) is 0 Å². The van der Waals surface area contributed by atoms with Crippen molar-refractivity contribution in [3.8, 4) is 11.4 Å². The lowest BCUT2D eigenvalue weighted by Crippen LogP contribution is -2.26. The van der Waals surface area contributed by atoms with Crippen molar-refractivity contribution in [2.75, 3.05) is 6.54 Å². The van der Waals surface area contributed by atoms with Gasteiger partial charge in [0.2, 0.25) is 11.7 Å². The third kappa shape index (κ3) is 3.67. The van der Waals surface area contributed by atoms with Crippen molar-refractivity contribution < 1.29 is 4.52 Å². The minimum atomic E-state index is 0.573. The molecule has 1 aromatic carbocycles. The maximum atomic E-state index is 5.43. The van der Waals surface area contributed by atoms with E-state index in [0.717, 1.165) is 30.3 Å². The first-order valence-electron chi connectivity index (χ1n) is 8.79. The molecule has 3 aromatic rings. The predicted molar refractivity (Wildman–Crippen MR) is 96.9 cm³/mol. The number of aryl methyl sites for hydroxylation is 2. The first-order chi connectivity index (χ1) is 11.7. The number of benzene rings is 1. The lowest BCUT2D eigenvalue weighted by Gasteiger charge is -2.11. The highest BCUT2D eigenvalue weighted by atomic mass is 16.5. The molecule has 0 radical (unpaired) electrons. The molecule has 5 nitrogen and oxygen atoms in total. The largest absolute Gasteiger partial charge is 0.350 e. The molecule has 1 unspecified atom stereocenters. The topological polar surface area (TPSA) is 55.9 Å². The van der Waals surface area contributed by atoms with E-state index in [4.69, 9.17) is 4.52 Å². The smallest absolute Gasteiger partial charge is 0.227 e. The first-order valence-corrected chi connectivity index (χ1v) is 8.79. The van der Waals surface area contributed by atoms with Gasteiger partial charge in [-0.2, -0.15) is 4.98 Å². The average molecular weight is 326 g/mol. The predicted octanol–water partition coefficient (Wildman–Crippen LogP) is 3.94. The number of nitrogens with zero attached hydrogens (tertiary/aromatic N) is 3. The van der Waals surface area contributed by atoms with Gasteiger partial charge >= 0.3 is 0 Å². The number of nitrogens with one attached hydrogen (secondary N) is 1. The van der Waals surface area contributed by atoms with Crippen molar-refractivity contribution in [2.45, 2.75) is 45.6 Å². The molecule has 0 aliphatic rings. The van der Waals surface area contributed by atoms with Gasteiger partial charge in [0.1, 0.15) is 0 Å². The summed E-state index contributed by atoms with van der Waals surface area (Å²) in [6.45, 7) is 5.42. The second-order valence-corrected chi connectivity index (χ2v) is 6.43. The van der Waals surface area contributed by atoms with Gasteiger partial charge in [-0.1, -0.05) is 36.7 Å². The molecular formula is C19H26N4O. The van der Waals surface area contributed by atoms with Crippen LogP contribution in [0, 0.1) is 0 Å². The molecule has 24 heavy (non-hydrogen) atoms. The van der Waals surface area contributed by atoms with Gasteiger partial charge < -0.3 is 14.4 Å². The maximum absolute atomic E-state index is 5.43. The van der Waals surface area contributed by atoms with E-state index in [2.05, 4.69) is 52.2 Å². The first kappa shape index (κ1) is 16.7. The average Bonchev–Trinajstić information content (AvgIpc) is 3.17. The zero-order valence-corrected chi connectivity index (χ0v) is 14.7. The van der Waals surface area contributed by atoms with E-state index in [1.807, 2.05) is 19.2 Å². The van der Waals surface area contributed by atoms with Crippen LogP contribution in [0.15, 0.2) is 35.0 Å². The van der Waals surface area contributed by atoms with Gasteiger partial charge in [-0.15, -0.1) is 0 Å². The second-order valence-electron chi connectivity index (χ2n) is 6.43. The van der Waals surface area contributed by atoms with Crippen LogP contribution in [0.4, 0.5) is 0 Å². The Morgan fingerprint density at radius 2 is 2.12 bits per heavy atom. The van der Waals surface area contributed by atoms with E-state index in [0.29, 0.717) is 17.8 Å². The number of aromatic nitrogens is 3. The Labute approximate surface area is 143 Å². The standard InChI is InChI=1S/C19H26N4O/c1-4-8-14(2)20-12-7-11-18-21-19(22-24-18)16-13-23(3)17-10-6-5-9-15(16)17/h5-6,9-10,13-14,20H,4,7-8,11-12H2,1-3H3. The fourth-order valence-electron chi connectivity index (χ4n) is 3.11. The molecule has 0 saturated heterocycles. The van der Waals surface area contributed by atoms with Gasteiger partial charge in [-0.25, -0.2) is 0 Å². The van der Waals surface area contributed by atoms with Crippen molar-refractivity contribution >= 4 is 10.9 Å². The summed E-state index contributed by atoms with van der Waals surface area (Å²) < 4.78 is 7.53. The Morgan fingerprint density at radius 3 is 2.96 bits per heavy atom. The van der Waals surface area contributed by atoms with Crippen LogP contribution in [0.3, 0.4) is 0 Å². The van der Waals surface area contributed by atoms with E-state index < -0.39 is 0 Å². The molecule has 0 saturated carbocycles. The summed E-state index contributed by atoms with van der Waals surface area (Å²) >= 11 is 0. The molecule has 2 aromatic heterocycles. The van der Waals surface area contributed by atoms with Gasteiger partial charge in [0.15, 0.2) is 0 Å². The number of rotatable bonds is 8. The fourth-order valence-corrected chi connectivity index (χ4v) is 3.11. The van der Waals surface area contributed by atoms with Crippen molar-refractivity contribution in [1.29, 1.82) is 0 Å². The summed E-state index contributed by atoms with van der Waals surface area (Å²) in [6, 6.07) is 8.85. The van der Waals surface area contributed by atoms with Crippen LogP contribution in [-0.4, -0.2) is 27.3 Å². The Bertz CT molecular complexity index is 790. The Balaban J connectivity index is 1.63. The molecular weight excluding hydrogens is 300 g/mol. The molecule has 3 rings (SSSR count). The highest BCUT2D eigenvalue weighted by molar-refractivity contribution is 5.94. The molecule has 0 aliphatic heterocycles. The minimum Gasteiger partial charge on any atom is -0.350 e. The molecule has 0 aliphatic carbocycles. The fraction of sp³-hybridized carbons (Fsp3) is 0.474. The Hall–Kier alpha value is -2.14. The summed E-state index contributed by atoms with van der Waals surface area (Å²) in [5.41, 5.74) is 2.20. The SMILES string of the molecule is CCCC(C)NCCCc1nc(-c2cn(C)c3ccccc23)no1. The Morgan fingerprint density at radius 1 is 1.29 bits per heavy atom. The molecule has 128 valence electrons. The van der Waals surface area contributed by atoms with Gasteiger partial charge in [0.05, 0.1) is 0 Å². The number of para-hydroxylation sites is 1. The third-order valence-corrected chi connectivity index (χ3v) is 4.39. The van der Waals surface area contributed by atoms with Crippen LogP contribution in [-0.2, 0) is 13.5 Å². The van der Waals surface area contributed by atoms with Crippen LogP contribution in [0.5, 0.6) is 0 Å².